The van der Waals surface area contributed by atoms with Crippen molar-refractivity contribution in [1.29, 1.82) is 0 Å². The van der Waals surface area contributed by atoms with Gasteiger partial charge in [-0.3, -0.25) is 0 Å². The molecule has 0 aromatic rings. The van der Waals surface area contributed by atoms with Gasteiger partial charge in [-0.1, -0.05) is 0 Å². The highest BCUT2D eigenvalue weighted by molar-refractivity contribution is 4.86. The predicted molar refractivity (Wildman–Crippen MR) is 52.0 cm³/mol. The Balaban J connectivity index is 3.72. The molecule has 0 bridgehead atoms. The number of likely N-dealkylation sites (N-methyl/N-ethyl adjacent to an activating group) is 1. The van der Waals surface area contributed by atoms with Gasteiger partial charge in [0.1, 0.15) is 0 Å². The Kier molecular flexibility index (Phi) is 6.84. The highest BCUT2D eigenvalue weighted by Crippen LogP contribution is 2.04. The minimum absolute atomic E-state index is 0.244. The first kappa shape index (κ1) is 11.5. The van der Waals surface area contributed by atoms with Crippen molar-refractivity contribution in [1.82, 2.24) is 5.32 Å². The average molecular weight is 169 g/mol. The van der Waals surface area contributed by atoms with E-state index in [-0.39, 0.29) is 6.10 Å². The van der Waals surface area contributed by atoms with E-state index in [0.29, 0.717) is 6.04 Å². The van der Waals surface area contributed by atoms with Crippen LogP contribution in [0.1, 0.15) is 26.7 Å². The standard InChI is InChI=1S/C10H19NO/c1-5-7-8-10(11-4)9(3)12-6-2/h1,9-11H,6-8H2,2-4H3. The quantitative estimate of drug-likeness (QED) is 0.607. The fourth-order valence-electron chi connectivity index (χ4n) is 1.23. The molecule has 2 heteroatoms. The Morgan fingerprint density at radius 3 is 2.67 bits per heavy atom. The van der Waals surface area contributed by atoms with Crippen molar-refractivity contribution < 1.29 is 4.74 Å². The first-order valence-corrected chi connectivity index (χ1v) is 4.48. The maximum absolute atomic E-state index is 5.46. The molecule has 2 nitrogen and oxygen atoms in total. The normalized spacial score (nSPS) is 15.2. The van der Waals surface area contributed by atoms with Gasteiger partial charge in [0.25, 0.3) is 0 Å². The topological polar surface area (TPSA) is 21.3 Å². The van der Waals surface area contributed by atoms with Gasteiger partial charge in [-0.05, 0) is 27.3 Å². The number of nitrogens with one attached hydrogen (secondary N) is 1. The summed E-state index contributed by atoms with van der Waals surface area (Å²) in [6.45, 7) is 4.83. The van der Waals surface area contributed by atoms with E-state index in [1.165, 1.54) is 0 Å². The smallest absolute Gasteiger partial charge is 0.0700 e. The van der Waals surface area contributed by atoms with Gasteiger partial charge in [0.2, 0.25) is 0 Å². The minimum Gasteiger partial charge on any atom is -0.377 e. The van der Waals surface area contributed by atoms with E-state index in [4.69, 9.17) is 11.2 Å². The summed E-state index contributed by atoms with van der Waals surface area (Å²) in [5, 5.41) is 3.20. The number of ether oxygens (including phenoxy) is 1. The molecule has 2 atom stereocenters. The van der Waals surface area contributed by atoms with Crippen LogP contribution in [0.3, 0.4) is 0 Å². The monoisotopic (exact) mass is 169 g/mol. The van der Waals surface area contributed by atoms with Gasteiger partial charge >= 0.3 is 0 Å². The second-order valence-corrected chi connectivity index (χ2v) is 2.80. The van der Waals surface area contributed by atoms with Crippen LogP contribution in [0.5, 0.6) is 0 Å². The zero-order chi connectivity index (χ0) is 9.40. The highest BCUT2D eigenvalue weighted by Gasteiger charge is 2.13. The molecule has 0 aliphatic heterocycles. The van der Waals surface area contributed by atoms with E-state index in [1.54, 1.807) is 0 Å². The van der Waals surface area contributed by atoms with Crippen LogP contribution < -0.4 is 5.32 Å². The van der Waals surface area contributed by atoms with Crippen LogP contribution in [0.15, 0.2) is 0 Å². The third-order valence-electron chi connectivity index (χ3n) is 1.97. The van der Waals surface area contributed by atoms with Crippen molar-refractivity contribution in [2.45, 2.75) is 38.8 Å². The van der Waals surface area contributed by atoms with Crippen LogP contribution in [-0.4, -0.2) is 25.8 Å². The summed E-state index contributed by atoms with van der Waals surface area (Å²) in [6, 6.07) is 0.376. The fourth-order valence-corrected chi connectivity index (χ4v) is 1.23. The maximum Gasteiger partial charge on any atom is 0.0700 e. The SMILES string of the molecule is C#CCCC(NC)C(C)OCC. The fraction of sp³-hybridized carbons (Fsp3) is 0.800. The molecule has 0 fully saturated rings. The van der Waals surface area contributed by atoms with Gasteiger partial charge in [0.05, 0.1) is 6.10 Å². The lowest BCUT2D eigenvalue weighted by atomic mass is 10.1. The first-order chi connectivity index (χ1) is 5.76. The molecular weight excluding hydrogens is 150 g/mol. The van der Waals surface area contributed by atoms with Crippen molar-refractivity contribution in [3.05, 3.63) is 0 Å². The lowest BCUT2D eigenvalue weighted by molar-refractivity contribution is 0.0477. The molecule has 0 amide bonds. The van der Waals surface area contributed by atoms with Crippen LogP contribution in [0, 0.1) is 12.3 Å². The Labute approximate surface area is 75.7 Å². The van der Waals surface area contributed by atoms with Gasteiger partial charge in [-0.15, -0.1) is 12.3 Å². The molecule has 0 heterocycles. The summed E-state index contributed by atoms with van der Waals surface area (Å²) in [5.41, 5.74) is 0. The van der Waals surface area contributed by atoms with Crippen molar-refractivity contribution in [3.63, 3.8) is 0 Å². The number of terminal acetylenes is 1. The van der Waals surface area contributed by atoms with E-state index in [1.807, 2.05) is 14.0 Å². The van der Waals surface area contributed by atoms with Gasteiger partial charge < -0.3 is 10.1 Å². The summed E-state index contributed by atoms with van der Waals surface area (Å²) in [5.74, 6) is 2.63. The van der Waals surface area contributed by atoms with E-state index in [9.17, 15) is 0 Å². The summed E-state index contributed by atoms with van der Waals surface area (Å²) < 4.78 is 5.46. The zero-order valence-corrected chi connectivity index (χ0v) is 8.26. The van der Waals surface area contributed by atoms with Crippen LogP contribution in [0.4, 0.5) is 0 Å². The average Bonchev–Trinajstić information content (AvgIpc) is 2.06. The lowest BCUT2D eigenvalue weighted by Crippen LogP contribution is -2.37. The molecule has 1 N–H and O–H groups in total. The van der Waals surface area contributed by atoms with Crippen molar-refractivity contribution in [2.75, 3.05) is 13.7 Å². The van der Waals surface area contributed by atoms with Gasteiger partial charge in [-0.2, -0.15) is 0 Å². The molecule has 0 radical (unpaired) electrons. The third kappa shape index (κ3) is 4.38. The molecule has 0 aromatic heterocycles. The molecule has 70 valence electrons. The first-order valence-electron chi connectivity index (χ1n) is 4.48. The second-order valence-electron chi connectivity index (χ2n) is 2.80. The maximum atomic E-state index is 5.46. The molecular formula is C10H19NO. The zero-order valence-electron chi connectivity index (χ0n) is 8.26. The molecule has 12 heavy (non-hydrogen) atoms. The van der Waals surface area contributed by atoms with E-state index in [2.05, 4.69) is 18.2 Å². The Bertz CT molecular complexity index is 139. The Hall–Kier alpha value is -0.520. The van der Waals surface area contributed by atoms with Crippen LogP contribution >= 0.6 is 0 Å². The molecule has 0 saturated carbocycles. The molecule has 0 rings (SSSR count). The minimum atomic E-state index is 0.244. The summed E-state index contributed by atoms with van der Waals surface area (Å²) in [7, 11) is 1.94. The van der Waals surface area contributed by atoms with Crippen molar-refractivity contribution in [3.8, 4) is 12.3 Å². The van der Waals surface area contributed by atoms with E-state index in [0.717, 1.165) is 19.4 Å². The number of hydrogen-bond donors (Lipinski definition) is 1. The molecule has 0 saturated heterocycles. The van der Waals surface area contributed by atoms with Crippen LogP contribution in [-0.2, 0) is 4.74 Å². The summed E-state index contributed by atoms with van der Waals surface area (Å²) in [6.07, 6.45) is 7.22. The van der Waals surface area contributed by atoms with Gasteiger partial charge in [0.15, 0.2) is 0 Å². The summed E-state index contributed by atoms with van der Waals surface area (Å²) >= 11 is 0. The van der Waals surface area contributed by atoms with E-state index >= 15 is 0 Å². The molecule has 0 aliphatic rings. The van der Waals surface area contributed by atoms with Crippen molar-refractivity contribution >= 4 is 0 Å². The molecule has 0 aliphatic carbocycles. The summed E-state index contributed by atoms with van der Waals surface area (Å²) in [4.78, 5) is 0. The lowest BCUT2D eigenvalue weighted by Gasteiger charge is -2.22. The van der Waals surface area contributed by atoms with Crippen LogP contribution in [0.25, 0.3) is 0 Å². The molecule has 0 aromatic carbocycles. The van der Waals surface area contributed by atoms with Crippen LogP contribution in [0.2, 0.25) is 0 Å². The largest absolute Gasteiger partial charge is 0.377 e. The Morgan fingerprint density at radius 1 is 1.58 bits per heavy atom. The van der Waals surface area contributed by atoms with Gasteiger partial charge in [0, 0.05) is 19.1 Å². The molecule has 0 spiro atoms. The van der Waals surface area contributed by atoms with Crippen molar-refractivity contribution in [2.24, 2.45) is 0 Å². The van der Waals surface area contributed by atoms with Gasteiger partial charge in [-0.25, -0.2) is 0 Å². The third-order valence-corrected chi connectivity index (χ3v) is 1.97. The number of hydrogen-bond acceptors (Lipinski definition) is 2. The second kappa shape index (κ2) is 7.15. The predicted octanol–water partition coefficient (Wildman–Crippen LogP) is 1.41. The highest BCUT2D eigenvalue weighted by atomic mass is 16.5. The Morgan fingerprint density at radius 2 is 2.25 bits per heavy atom. The van der Waals surface area contributed by atoms with E-state index < -0.39 is 0 Å². The molecule has 2 unspecified atom stereocenters. The number of rotatable bonds is 6.